The lowest BCUT2D eigenvalue weighted by Gasteiger charge is -2.17. The Morgan fingerprint density at radius 3 is 2.14 bits per heavy atom. The van der Waals surface area contributed by atoms with Gasteiger partial charge in [-0.15, -0.1) is 11.6 Å². The lowest BCUT2D eigenvalue weighted by Crippen LogP contribution is -1.99. The topological polar surface area (TPSA) is 9.23 Å². The van der Waals surface area contributed by atoms with E-state index in [-0.39, 0.29) is 5.38 Å². The summed E-state index contributed by atoms with van der Waals surface area (Å²) in [6.45, 7) is 6.41. The van der Waals surface area contributed by atoms with Crippen molar-refractivity contribution >= 4 is 27.5 Å². The number of aryl methyl sites for hydroxylation is 1. The minimum atomic E-state index is -0.224. The fourth-order valence-electron chi connectivity index (χ4n) is 2.27. The first kappa shape index (κ1) is 16.4. The largest absolute Gasteiger partial charge is 0.496 e. The molecule has 1 unspecified atom stereocenters. The highest BCUT2D eigenvalue weighted by Gasteiger charge is 2.17. The minimum Gasteiger partial charge on any atom is -0.496 e. The minimum absolute atomic E-state index is 0.224. The highest BCUT2D eigenvalue weighted by atomic mass is 79.9. The lowest BCUT2D eigenvalue weighted by atomic mass is 9.97. The molecule has 2 aromatic carbocycles. The Morgan fingerprint density at radius 2 is 1.62 bits per heavy atom. The van der Waals surface area contributed by atoms with Gasteiger partial charge in [-0.05, 0) is 41.7 Å². The molecule has 0 aliphatic carbocycles. The highest BCUT2D eigenvalue weighted by Crippen LogP contribution is 2.38. The summed E-state index contributed by atoms with van der Waals surface area (Å²) in [4.78, 5) is 0. The van der Waals surface area contributed by atoms with E-state index in [0.29, 0.717) is 5.92 Å². The molecular formula is C18H20BrClO. The summed E-state index contributed by atoms with van der Waals surface area (Å²) >= 11 is 10.2. The monoisotopic (exact) mass is 366 g/mol. The van der Waals surface area contributed by atoms with E-state index in [4.69, 9.17) is 16.3 Å². The van der Waals surface area contributed by atoms with Crippen molar-refractivity contribution in [1.82, 2.24) is 0 Å². The summed E-state index contributed by atoms with van der Waals surface area (Å²) in [6, 6.07) is 12.5. The predicted molar refractivity (Wildman–Crippen MR) is 93.7 cm³/mol. The number of hydrogen-bond donors (Lipinski definition) is 0. The number of hydrogen-bond acceptors (Lipinski definition) is 1. The highest BCUT2D eigenvalue weighted by molar-refractivity contribution is 9.10. The fourth-order valence-corrected chi connectivity index (χ4v) is 2.95. The van der Waals surface area contributed by atoms with Crippen molar-refractivity contribution in [2.75, 3.05) is 7.11 Å². The van der Waals surface area contributed by atoms with Crippen LogP contribution in [-0.4, -0.2) is 7.11 Å². The first-order chi connectivity index (χ1) is 9.93. The molecule has 2 rings (SSSR count). The van der Waals surface area contributed by atoms with Crippen LogP contribution >= 0.6 is 27.5 Å². The van der Waals surface area contributed by atoms with Gasteiger partial charge < -0.3 is 4.74 Å². The molecule has 112 valence electrons. The standard InChI is InChI=1S/C18H20BrClO/c1-11(2)13-5-7-14(8-6-13)18(20)15-10-16(19)12(3)9-17(15)21-4/h5-11,18H,1-4H3. The molecule has 0 heterocycles. The van der Waals surface area contributed by atoms with Crippen LogP contribution in [0.25, 0.3) is 0 Å². The summed E-state index contributed by atoms with van der Waals surface area (Å²) in [5, 5.41) is -0.224. The van der Waals surface area contributed by atoms with Crippen LogP contribution in [0.15, 0.2) is 40.9 Å². The normalized spacial score (nSPS) is 12.5. The molecule has 21 heavy (non-hydrogen) atoms. The molecule has 0 radical (unpaired) electrons. The van der Waals surface area contributed by atoms with Crippen molar-refractivity contribution in [3.05, 3.63) is 63.1 Å². The fraction of sp³-hybridized carbons (Fsp3) is 0.333. The Balaban J connectivity index is 2.39. The summed E-state index contributed by atoms with van der Waals surface area (Å²) in [5.74, 6) is 1.35. The Labute approximate surface area is 140 Å². The van der Waals surface area contributed by atoms with Gasteiger partial charge in [-0.25, -0.2) is 0 Å². The molecule has 2 aromatic rings. The summed E-state index contributed by atoms with van der Waals surface area (Å²) in [5.41, 5.74) is 4.51. The maximum absolute atomic E-state index is 6.67. The van der Waals surface area contributed by atoms with Crippen LogP contribution in [0.3, 0.4) is 0 Å². The number of halogens is 2. The molecule has 0 N–H and O–H groups in total. The average Bonchev–Trinajstić information content (AvgIpc) is 2.49. The van der Waals surface area contributed by atoms with E-state index >= 15 is 0 Å². The van der Waals surface area contributed by atoms with Crippen molar-refractivity contribution in [3.8, 4) is 5.75 Å². The van der Waals surface area contributed by atoms with Gasteiger partial charge in [0.25, 0.3) is 0 Å². The number of methoxy groups -OCH3 is 1. The molecule has 0 saturated carbocycles. The third kappa shape index (κ3) is 3.61. The molecule has 0 amide bonds. The van der Waals surface area contributed by atoms with Crippen LogP contribution in [0, 0.1) is 6.92 Å². The van der Waals surface area contributed by atoms with Gasteiger partial charge >= 0.3 is 0 Å². The number of ether oxygens (including phenoxy) is 1. The zero-order chi connectivity index (χ0) is 15.6. The van der Waals surface area contributed by atoms with Crippen LogP contribution in [-0.2, 0) is 0 Å². The molecular weight excluding hydrogens is 348 g/mol. The molecule has 0 fully saturated rings. The zero-order valence-corrected chi connectivity index (χ0v) is 15.1. The second-order valence-electron chi connectivity index (χ2n) is 5.53. The maximum Gasteiger partial charge on any atom is 0.124 e. The van der Waals surface area contributed by atoms with E-state index in [1.165, 1.54) is 5.56 Å². The first-order valence-corrected chi connectivity index (χ1v) is 8.25. The van der Waals surface area contributed by atoms with Crippen LogP contribution in [0.1, 0.15) is 47.4 Å². The van der Waals surface area contributed by atoms with Crippen molar-refractivity contribution in [1.29, 1.82) is 0 Å². The van der Waals surface area contributed by atoms with E-state index in [2.05, 4.69) is 54.0 Å². The molecule has 0 aliphatic rings. The Kier molecular flexibility index (Phi) is 5.34. The number of alkyl halides is 1. The van der Waals surface area contributed by atoms with Crippen molar-refractivity contribution in [2.45, 2.75) is 32.1 Å². The molecule has 0 saturated heterocycles. The van der Waals surface area contributed by atoms with Crippen molar-refractivity contribution in [2.24, 2.45) is 0 Å². The van der Waals surface area contributed by atoms with E-state index in [1.807, 2.05) is 19.1 Å². The molecule has 1 atom stereocenters. The smallest absolute Gasteiger partial charge is 0.124 e. The Morgan fingerprint density at radius 1 is 1.05 bits per heavy atom. The summed E-state index contributed by atoms with van der Waals surface area (Å²) in [6.07, 6.45) is 0. The maximum atomic E-state index is 6.67. The van der Waals surface area contributed by atoms with Gasteiger partial charge in [-0.3, -0.25) is 0 Å². The van der Waals surface area contributed by atoms with E-state index in [1.54, 1.807) is 7.11 Å². The molecule has 1 nitrogen and oxygen atoms in total. The second-order valence-corrected chi connectivity index (χ2v) is 6.82. The SMILES string of the molecule is COc1cc(C)c(Br)cc1C(Cl)c1ccc(C(C)C)cc1. The Bertz CT molecular complexity index is 620. The van der Waals surface area contributed by atoms with Crippen LogP contribution in [0.2, 0.25) is 0 Å². The molecule has 0 spiro atoms. The van der Waals surface area contributed by atoms with Crippen LogP contribution < -0.4 is 4.74 Å². The first-order valence-electron chi connectivity index (χ1n) is 7.02. The average molecular weight is 368 g/mol. The predicted octanol–water partition coefficient (Wildman–Crippen LogP) is 6.22. The van der Waals surface area contributed by atoms with Crippen LogP contribution in [0.4, 0.5) is 0 Å². The van der Waals surface area contributed by atoms with Gasteiger partial charge in [0.05, 0.1) is 12.5 Å². The number of rotatable bonds is 4. The van der Waals surface area contributed by atoms with Gasteiger partial charge in [-0.1, -0.05) is 54.0 Å². The molecule has 3 heteroatoms. The molecule has 0 aromatic heterocycles. The lowest BCUT2D eigenvalue weighted by molar-refractivity contribution is 0.409. The van der Waals surface area contributed by atoms with Gasteiger partial charge in [-0.2, -0.15) is 0 Å². The quantitative estimate of drug-likeness (QED) is 0.583. The number of benzene rings is 2. The van der Waals surface area contributed by atoms with Gasteiger partial charge in [0.1, 0.15) is 5.75 Å². The molecule has 0 aliphatic heterocycles. The van der Waals surface area contributed by atoms with Gasteiger partial charge in [0.2, 0.25) is 0 Å². The van der Waals surface area contributed by atoms with Gasteiger partial charge in [0.15, 0.2) is 0 Å². The van der Waals surface area contributed by atoms with Crippen molar-refractivity contribution in [3.63, 3.8) is 0 Å². The third-order valence-corrected chi connectivity index (χ3v) is 5.02. The third-order valence-electron chi connectivity index (χ3n) is 3.68. The van der Waals surface area contributed by atoms with E-state index in [0.717, 1.165) is 26.9 Å². The Hall–Kier alpha value is -0.990. The summed E-state index contributed by atoms with van der Waals surface area (Å²) < 4.78 is 6.52. The second kappa shape index (κ2) is 6.85. The van der Waals surface area contributed by atoms with E-state index in [9.17, 15) is 0 Å². The van der Waals surface area contributed by atoms with E-state index < -0.39 is 0 Å². The van der Waals surface area contributed by atoms with Gasteiger partial charge in [0, 0.05) is 10.0 Å². The van der Waals surface area contributed by atoms with Crippen molar-refractivity contribution < 1.29 is 4.74 Å². The van der Waals surface area contributed by atoms with Crippen LogP contribution in [0.5, 0.6) is 5.75 Å². The zero-order valence-electron chi connectivity index (χ0n) is 12.8. The molecule has 0 bridgehead atoms. The summed E-state index contributed by atoms with van der Waals surface area (Å²) in [7, 11) is 1.68.